The average Bonchev–Trinajstić information content (AvgIpc) is 2.96. The van der Waals surface area contributed by atoms with Gasteiger partial charge in [-0.3, -0.25) is 14.8 Å². The molecule has 144 valence electrons. The summed E-state index contributed by atoms with van der Waals surface area (Å²) >= 11 is 0. The van der Waals surface area contributed by atoms with Crippen LogP contribution in [-0.4, -0.2) is 47.4 Å². The first-order valence-corrected chi connectivity index (χ1v) is 9.23. The van der Waals surface area contributed by atoms with Crippen molar-refractivity contribution in [3.05, 3.63) is 72.6 Å². The van der Waals surface area contributed by atoms with Crippen molar-refractivity contribution in [3.8, 4) is 0 Å². The van der Waals surface area contributed by atoms with Gasteiger partial charge in [-0.15, -0.1) is 0 Å². The lowest BCUT2D eigenvalue weighted by Gasteiger charge is -2.41. The first-order valence-electron chi connectivity index (χ1n) is 9.23. The molecule has 7 heteroatoms. The van der Waals surface area contributed by atoms with Crippen LogP contribution >= 0.6 is 0 Å². The number of ether oxygens (including phenoxy) is 2. The van der Waals surface area contributed by atoms with Gasteiger partial charge < -0.3 is 9.47 Å². The molecule has 1 saturated heterocycles. The quantitative estimate of drug-likeness (QED) is 0.756. The van der Waals surface area contributed by atoms with Crippen LogP contribution < -0.4 is 4.90 Å². The van der Waals surface area contributed by atoms with Crippen molar-refractivity contribution >= 4 is 17.6 Å². The Morgan fingerprint density at radius 3 is 2.39 bits per heavy atom. The highest BCUT2D eigenvalue weighted by molar-refractivity contribution is 5.93. The van der Waals surface area contributed by atoms with Crippen LogP contribution in [0.15, 0.2) is 67.0 Å². The molecule has 1 fully saturated rings. The van der Waals surface area contributed by atoms with Crippen molar-refractivity contribution in [2.24, 2.45) is 0 Å². The third-order valence-electron chi connectivity index (χ3n) is 4.77. The monoisotopic (exact) mass is 379 g/mol. The topological polar surface area (TPSA) is 72.0 Å². The van der Waals surface area contributed by atoms with Gasteiger partial charge in [0.2, 0.25) is 0 Å². The SMILES string of the molecule is O=C1C=CC(=O)OC2(CN(Cc3ccccc3)CCCN2c2cccnc2)O1. The fourth-order valence-corrected chi connectivity index (χ4v) is 3.60. The lowest BCUT2D eigenvalue weighted by Crippen LogP contribution is -2.59. The molecular weight excluding hydrogens is 358 g/mol. The molecule has 28 heavy (non-hydrogen) atoms. The summed E-state index contributed by atoms with van der Waals surface area (Å²) in [6.45, 7) is 2.22. The predicted octanol–water partition coefficient (Wildman–Crippen LogP) is 2.10. The van der Waals surface area contributed by atoms with Crippen LogP contribution in [0.5, 0.6) is 0 Å². The summed E-state index contributed by atoms with van der Waals surface area (Å²) in [5, 5.41) is 0. The minimum Gasteiger partial charge on any atom is -0.399 e. The largest absolute Gasteiger partial charge is 0.399 e. The number of esters is 2. The third kappa shape index (κ3) is 3.89. The Hall–Kier alpha value is -3.19. The summed E-state index contributed by atoms with van der Waals surface area (Å²) in [5.74, 6) is -2.77. The zero-order valence-corrected chi connectivity index (χ0v) is 15.4. The van der Waals surface area contributed by atoms with Crippen LogP contribution in [0.3, 0.4) is 0 Å². The minimum atomic E-state index is -1.55. The number of anilines is 1. The number of benzene rings is 1. The Labute approximate surface area is 163 Å². The van der Waals surface area contributed by atoms with Gasteiger partial charge in [-0.05, 0) is 24.1 Å². The van der Waals surface area contributed by atoms with Crippen molar-refractivity contribution in [1.82, 2.24) is 9.88 Å². The van der Waals surface area contributed by atoms with Gasteiger partial charge in [0.1, 0.15) is 0 Å². The number of carbonyl (C=O) groups excluding carboxylic acids is 2. The van der Waals surface area contributed by atoms with Crippen LogP contribution in [-0.2, 0) is 25.6 Å². The number of hydrogen-bond acceptors (Lipinski definition) is 7. The molecule has 4 rings (SSSR count). The fourth-order valence-electron chi connectivity index (χ4n) is 3.60. The molecule has 2 aliphatic heterocycles. The molecule has 0 bridgehead atoms. The van der Waals surface area contributed by atoms with E-state index in [4.69, 9.17) is 9.47 Å². The van der Waals surface area contributed by atoms with Gasteiger partial charge in [-0.2, -0.15) is 0 Å². The Kier molecular flexibility index (Phi) is 5.08. The minimum absolute atomic E-state index is 0.232. The Morgan fingerprint density at radius 1 is 0.964 bits per heavy atom. The maximum atomic E-state index is 12.3. The van der Waals surface area contributed by atoms with E-state index in [1.54, 1.807) is 18.5 Å². The molecule has 7 nitrogen and oxygen atoms in total. The summed E-state index contributed by atoms with van der Waals surface area (Å²) in [6.07, 6.45) is 6.36. The Morgan fingerprint density at radius 2 is 1.71 bits per heavy atom. The summed E-state index contributed by atoms with van der Waals surface area (Å²) in [7, 11) is 0. The van der Waals surface area contributed by atoms with E-state index < -0.39 is 17.8 Å². The summed E-state index contributed by atoms with van der Waals surface area (Å²) in [4.78, 5) is 32.6. The van der Waals surface area contributed by atoms with E-state index in [0.29, 0.717) is 13.1 Å². The number of hydrogen-bond donors (Lipinski definition) is 0. The van der Waals surface area contributed by atoms with Crippen molar-refractivity contribution < 1.29 is 19.1 Å². The molecule has 0 saturated carbocycles. The number of nitrogens with zero attached hydrogens (tertiary/aromatic N) is 3. The zero-order chi connectivity index (χ0) is 19.4. The maximum absolute atomic E-state index is 12.3. The molecule has 2 aromatic rings. The van der Waals surface area contributed by atoms with Gasteiger partial charge in [0.15, 0.2) is 0 Å². The van der Waals surface area contributed by atoms with E-state index in [0.717, 1.165) is 36.4 Å². The maximum Gasteiger partial charge on any atom is 0.356 e. The smallest absolute Gasteiger partial charge is 0.356 e. The number of aromatic nitrogens is 1. The van der Waals surface area contributed by atoms with E-state index in [9.17, 15) is 9.59 Å². The normalized spacial score (nSPS) is 19.6. The molecule has 0 N–H and O–H groups in total. The summed E-state index contributed by atoms with van der Waals surface area (Å²) < 4.78 is 11.4. The summed E-state index contributed by atoms with van der Waals surface area (Å²) in [6, 6.07) is 13.7. The van der Waals surface area contributed by atoms with Crippen LogP contribution in [0, 0.1) is 0 Å². The highest BCUT2D eigenvalue weighted by Gasteiger charge is 2.48. The van der Waals surface area contributed by atoms with Crippen molar-refractivity contribution in [1.29, 1.82) is 0 Å². The fraction of sp³-hybridized carbons (Fsp3) is 0.286. The highest BCUT2D eigenvalue weighted by atomic mass is 16.8. The molecular formula is C21H21N3O4. The van der Waals surface area contributed by atoms with Gasteiger partial charge >= 0.3 is 17.8 Å². The molecule has 3 heterocycles. The van der Waals surface area contributed by atoms with Gasteiger partial charge in [0, 0.05) is 38.0 Å². The van der Waals surface area contributed by atoms with E-state index in [1.165, 1.54) is 0 Å². The van der Waals surface area contributed by atoms with Crippen LogP contribution in [0.4, 0.5) is 5.69 Å². The van der Waals surface area contributed by atoms with Gasteiger partial charge in [-0.1, -0.05) is 30.3 Å². The Balaban J connectivity index is 1.69. The highest BCUT2D eigenvalue weighted by Crippen LogP contribution is 2.32. The second kappa shape index (κ2) is 7.82. The molecule has 0 aliphatic carbocycles. The van der Waals surface area contributed by atoms with Crippen molar-refractivity contribution in [3.63, 3.8) is 0 Å². The van der Waals surface area contributed by atoms with Crippen LogP contribution in [0.2, 0.25) is 0 Å². The lowest BCUT2D eigenvalue weighted by atomic mass is 10.2. The zero-order valence-electron chi connectivity index (χ0n) is 15.4. The molecule has 2 aliphatic rings. The standard InChI is InChI=1S/C21H21N3O4/c25-19-9-10-20(26)28-21(27-19)16-23(15-17-6-2-1-3-7-17)12-5-13-24(21)18-8-4-11-22-14-18/h1-4,6-11,14H,5,12-13,15-16H2. The molecule has 0 unspecified atom stereocenters. The number of carbonyl (C=O) groups is 2. The average molecular weight is 379 g/mol. The van der Waals surface area contributed by atoms with Crippen molar-refractivity contribution in [2.75, 3.05) is 24.5 Å². The first-order chi connectivity index (χ1) is 13.6. The van der Waals surface area contributed by atoms with Crippen LogP contribution in [0.1, 0.15) is 12.0 Å². The first kappa shape index (κ1) is 18.2. The second-order valence-corrected chi connectivity index (χ2v) is 6.80. The molecule has 1 aromatic carbocycles. The second-order valence-electron chi connectivity index (χ2n) is 6.80. The van der Waals surface area contributed by atoms with Gasteiger partial charge in [-0.25, -0.2) is 9.59 Å². The molecule has 0 atom stereocenters. The molecule has 1 spiro atoms. The van der Waals surface area contributed by atoms with Crippen molar-refractivity contribution in [2.45, 2.75) is 18.9 Å². The van der Waals surface area contributed by atoms with E-state index in [2.05, 4.69) is 9.88 Å². The predicted molar refractivity (Wildman–Crippen MR) is 102 cm³/mol. The van der Waals surface area contributed by atoms with E-state index in [1.807, 2.05) is 41.3 Å². The number of pyridine rings is 1. The molecule has 0 amide bonds. The van der Waals surface area contributed by atoms with Gasteiger partial charge in [0.05, 0.1) is 18.4 Å². The van der Waals surface area contributed by atoms with Gasteiger partial charge in [0.25, 0.3) is 0 Å². The number of rotatable bonds is 3. The lowest BCUT2D eigenvalue weighted by molar-refractivity contribution is -0.224. The third-order valence-corrected chi connectivity index (χ3v) is 4.77. The molecule has 0 radical (unpaired) electrons. The van der Waals surface area contributed by atoms with Crippen LogP contribution in [0.25, 0.3) is 0 Å². The molecule has 1 aromatic heterocycles. The Bertz CT molecular complexity index is 850. The van der Waals surface area contributed by atoms with E-state index >= 15 is 0 Å². The summed E-state index contributed by atoms with van der Waals surface area (Å²) in [5.41, 5.74) is 1.86. The van der Waals surface area contributed by atoms with E-state index in [-0.39, 0.29) is 6.54 Å².